The SMILES string of the molecule is Nc1ccncc1Cc1ccc(I)cc1. The fraction of sp³-hybridized carbons (Fsp3) is 0.0833. The number of nitrogens with zero attached hydrogens (tertiary/aromatic N) is 1. The van der Waals surface area contributed by atoms with Crippen LogP contribution in [0.1, 0.15) is 11.1 Å². The number of nitrogen functional groups attached to an aromatic ring is 1. The van der Waals surface area contributed by atoms with Crippen LogP contribution in [0, 0.1) is 3.57 Å². The molecule has 1 aromatic heterocycles. The minimum atomic E-state index is 0.809. The van der Waals surface area contributed by atoms with Crippen molar-refractivity contribution in [3.8, 4) is 0 Å². The van der Waals surface area contributed by atoms with E-state index < -0.39 is 0 Å². The summed E-state index contributed by atoms with van der Waals surface area (Å²) in [6.07, 6.45) is 4.39. The molecule has 76 valence electrons. The molecule has 0 radical (unpaired) electrons. The fourth-order valence-electron chi connectivity index (χ4n) is 1.41. The van der Waals surface area contributed by atoms with Crippen LogP contribution in [0.2, 0.25) is 0 Å². The molecule has 0 fully saturated rings. The van der Waals surface area contributed by atoms with Crippen molar-refractivity contribution in [2.75, 3.05) is 5.73 Å². The van der Waals surface area contributed by atoms with Crippen molar-refractivity contribution in [1.29, 1.82) is 0 Å². The number of rotatable bonds is 2. The minimum absolute atomic E-state index is 0.809. The monoisotopic (exact) mass is 310 g/mol. The van der Waals surface area contributed by atoms with Crippen molar-refractivity contribution in [3.63, 3.8) is 0 Å². The van der Waals surface area contributed by atoms with Gasteiger partial charge in [-0.25, -0.2) is 0 Å². The van der Waals surface area contributed by atoms with Gasteiger partial charge in [0, 0.05) is 28.1 Å². The molecule has 1 heterocycles. The van der Waals surface area contributed by atoms with Crippen LogP contribution in [0.5, 0.6) is 0 Å². The summed E-state index contributed by atoms with van der Waals surface area (Å²) >= 11 is 2.30. The molecule has 0 spiro atoms. The highest BCUT2D eigenvalue weighted by Crippen LogP contribution is 2.15. The van der Waals surface area contributed by atoms with Crippen LogP contribution in [0.25, 0.3) is 0 Å². The van der Waals surface area contributed by atoms with Gasteiger partial charge in [-0.05, 0) is 51.9 Å². The lowest BCUT2D eigenvalue weighted by molar-refractivity contribution is 1.15. The van der Waals surface area contributed by atoms with Gasteiger partial charge in [-0.3, -0.25) is 4.98 Å². The van der Waals surface area contributed by atoms with Gasteiger partial charge in [-0.2, -0.15) is 0 Å². The zero-order valence-electron chi connectivity index (χ0n) is 8.15. The van der Waals surface area contributed by atoms with Gasteiger partial charge in [-0.1, -0.05) is 12.1 Å². The highest BCUT2D eigenvalue weighted by Gasteiger charge is 2.00. The Bertz CT molecular complexity index is 451. The molecule has 0 aliphatic heterocycles. The van der Waals surface area contributed by atoms with Gasteiger partial charge in [0.1, 0.15) is 0 Å². The van der Waals surface area contributed by atoms with E-state index in [0.717, 1.165) is 17.7 Å². The number of nitrogens with two attached hydrogens (primary N) is 1. The Kier molecular flexibility index (Phi) is 3.20. The van der Waals surface area contributed by atoms with E-state index in [0.29, 0.717) is 0 Å². The third kappa shape index (κ3) is 2.68. The van der Waals surface area contributed by atoms with E-state index in [-0.39, 0.29) is 0 Å². The molecule has 0 aliphatic rings. The number of pyridine rings is 1. The van der Waals surface area contributed by atoms with E-state index >= 15 is 0 Å². The summed E-state index contributed by atoms with van der Waals surface area (Å²) < 4.78 is 1.25. The van der Waals surface area contributed by atoms with E-state index in [2.05, 4.69) is 51.8 Å². The standard InChI is InChI=1S/C12H11IN2/c13-11-3-1-9(2-4-11)7-10-8-15-6-5-12(10)14/h1-6,8H,7H2,(H2,14,15). The molecular weight excluding hydrogens is 299 g/mol. The van der Waals surface area contributed by atoms with Gasteiger partial charge in [0.15, 0.2) is 0 Å². The van der Waals surface area contributed by atoms with Crippen molar-refractivity contribution in [1.82, 2.24) is 4.98 Å². The van der Waals surface area contributed by atoms with Crippen LogP contribution in [0.15, 0.2) is 42.7 Å². The molecule has 0 aliphatic carbocycles. The third-order valence-corrected chi connectivity index (χ3v) is 2.97. The first-order valence-corrected chi connectivity index (χ1v) is 5.76. The summed E-state index contributed by atoms with van der Waals surface area (Å²) in [5, 5.41) is 0. The number of hydrogen-bond acceptors (Lipinski definition) is 2. The van der Waals surface area contributed by atoms with E-state index in [1.807, 2.05) is 12.3 Å². The molecule has 0 amide bonds. The summed E-state index contributed by atoms with van der Waals surface area (Å²) in [6, 6.07) is 10.3. The third-order valence-electron chi connectivity index (χ3n) is 2.25. The number of halogens is 1. The molecule has 2 N–H and O–H groups in total. The van der Waals surface area contributed by atoms with Crippen LogP contribution in [0.4, 0.5) is 5.69 Å². The molecule has 15 heavy (non-hydrogen) atoms. The average molecular weight is 310 g/mol. The molecular formula is C12H11IN2. The molecule has 1 aromatic carbocycles. The summed E-state index contributed by atoms with van der Waals surface area (Å²) in [4.78, 5) is 4.08. The second-order valence-electron chi connectivity index (χ2n) is 3.38. The fourth-order valence-corrected chi connectivity index (χ4v) is 1.77. The number of hydrogen-bond donors (Lipinski definition) is 1. The Labute approximate surface area is 103 Å². The van der Waals surface area contributed by atoms with Crippen LogP contribution in [-0.4, -0.2) is 4.98 Å². The Morgan fingerprint density at radius 1 is 1.13 bits per heavy atom. The first-order valence-electron chi connectivity index (χ1n) is 4.68. The average Bonchev–Trinajstić information content (AvgIpc) is 2.25. The predicted molar refractivity (Wildman–Crippen MR) is 70.6 cm³/mol. The molecule has 0 saturated heterocycles. The predicted octanol–water partition coefficient (Wildman–Crippen LogP) is 2.86. The van der Waals surface area contributed by atoms with Crippen molar-refractivity contribution in [3.05, 3.63) is 57.4 Å². The Morgan fingerprint density at radius 2 is 1.87 bits per heavy atom. The Morgan fingerprint density at radius 3 is 2.53 bits per heavy atom. The van der Waals surface area contributed by atoms with Crippen molar-refractivity contribution in [2.45, 2.75) is 6.42 Å². The minimum Gasteiger partial charge on any atom is -0.398 e. The zero-order valence-corrected chi connectivity index (χ0v) is 10.3. The van der Waals surface area contributed by atoms with E-state index in [4.69, 9.17) is 5.73 Å². The molecule has 2 nitrogen and oxygen atoms in total. The van der Waals surface area contributed by atoms with Crippen molar-refractivity contribution in [2.24, 2.45) is 0 Å². The molecule has 0 atom stereocenters. The van der Waals surface area contributed by atoms with Crippen LogP contribution in [-0.2, 0) is 6.42 Å². The highest BCUT2D eigenvalue weighted by atomic mass is 127. The van der Waals surface area contributed by atoms with E-state index in [9.17, 15) is 0 Å². The largest absolute Gasteiger partial charge is 0.398 e. The van der Waals surface area contributed by atoms with Gasteiger partial charge in [0.05, 0.1) is 0 Å². The topological polar surface area (TPSA) is 38.9 Å². The first-order chi connectivity index (χ1) is 7.25. The van der Waals surface area contributed by atoms with E-state index in [1.54, 1.807) is 6.20 Å². The smallest absolute Gasteiger partial charge is 0.0380 e. The summed E-state index contributed by atoms with van der Waals surface area (Å²) in [7, 11) is 0. The van der Waals surface area contributed by atoms with Gasteiger partial charge in [-0.15, -0.1) is 0 Å². The molecule has 2 rings (SSSR count). The summed E-state index contributed by atoms with van der Waals surface area (Å²) in [6.45, 7) is 0. The summed E-state index contributed by atoms with van der Waals surface area (Å²) in [5.74, 6) is 0. The lowest BCUT2D eigenvalue weighted by atomic mass is 10.1. The van der Waals surface area contributed by atoms with Crippen molar-refractivity contribution >= 4 is 28.3 Å². The molecule has 0 bridgehead atoms. The molecule has 2 aromatic rings. The zero-order chi connectivity index (χ0) is 10.7. The van der Waals surface area contributed by atoms with Gasteiger partial charge in [0.2, 0.25) is 0 Å². The molecule has 3 heteroatoms. The van der Waals surface area contributed by atoms with Gasteiger partial charge in [0.25, 0.3) is 0 Å². The van der Waals surface area contributed by atoms with Crippen molar-refractivity contribution < 1.29 is 0 Å². The molecule has 0 saturated carbocycles. The highest BCUT2D eigenvalue weighted by molar-refractivity contribution is 14.1. The lowest BCUT2D eigenvalue weighted by Gasteiger charge is -2.04. The van der Waals surface area contributed by atoms with Gasteiger partial charge >= 0.3 is 0 Å². The Balaban J connectivity index is 2.22. The number of aromatic nitrogens is 1. The van der Waals surface area contributed by atoms with E-state index in [1.165, 1.54) is 9.13 Å². The number of benzene rings is 1. The molecule has 0 unspecified atom stereocenters. The van der Waals surface area contributed by atoms with Gasteiger partial charge < -0.3 is 5.73 Å². The first kappa shape index (κ1) is 10.4. The maximum absolute atomic E-state index is 5.86. The van der Waals surface area contributed by atoms with Crippen LogP contribution in [0.3, 0.4) is 0 Å². The maximum Gasteiger partial charge on any atom is 0.0380 e. The van der Waals surface area contributed by atoms with Crippen LogP contribution < -0.4 is 5.73 Å². The second-order valence-corrected chi connectivity index (χ2v) is 4.62. The maximum atomic E-state index is 5.86. The second kappa shape index (κ2) is 4.61. The number of anilines is 1. The Hall–Kier alpha value is -1.10. The lowest BCUT2D eigenvalue weighted by Crippen LogP contribution is -1.96. The summed E-state index contributed by atoms with van der Waals surface area (Å²) in [5.41, 5.74) is 9.01. The van der Waals surface area contributed by atoms with Crippen LogP contribution >= 0.6 is 22.6 Å². The normalized spacial score (nSPS) is 10.2. The quantitative estimate of drug-likeness (QED) is 0.866.